The number of carbonyl (C=O) groups excluding carboxylic acids is 3. The lowest BCUT2D eigenvalue weighted by Crippen LogP contribution is -2.96. The Morgan fingerprint density at radius 1 is 1.18 bits per heavy atom. The normalized spacial score (nSPS) is 42.0. The molecule has 314 valence electrons. The predicted octanol–water partition coefficient (Wildman–Crippen LogP) is 1.75. The molecular formula is C42H68N4O8S2+2. The molecule has 8 N–H and O–H groups in total. The molecule has 1 amide bonds. The van der Waals surface area contributed by atoms with Gasteiger partial charge in [0, 0.05) is 80.3 Å². The Balaban J connectivity index is 1.22. The van der Waals surface area contributed by atoms with E-state index in [0.29, 0.717) is 56.4 Å². The van der Waals surface area contributed by atoms with Crippen molar-refractivity contribution in [3.63, 3.8) is 0 Å². The summed E-state index contributed by atoms with van der Waals surface area (Å²) in [5.74, 6) is 2.01. The third-order valence-electron chi connectivity index (χ3n) is 15.0. The van der Waals surface area contributed by atoms with Gasteiger partial charge in [0.15, 0.2) is 0 Å². The molecule has 1 saturated carbocycles. The lowest BCUT2D eigenvalue weighted by atomic mass is 9.56. The Hall–Kier alpha value is -1.65. The van der Waals surface area contributed by atoms with Crippen molar-refractivity contribution in [1.82, 2.24) is 4.90 Å². The fourth-order valence-corrected chi connectivity index (χ4v) is 14.4. The highest BCUT2D eigenvalue weighted by atomic mass is 33.1. The molecule has 0 aromatic rings. The topological polar surface area (TPSA) is 182 Å². The van der Waals surface area contributed by atoms with Crippen LogP contribution in [0.2, 0.25) is 0 Å². The number of aliphatic hydroxyl groups excluding tert-OH is 2. The summed E-state index contributed by atoms with van der Waals surface area (Å²) in [6, 6.07) is 0.262. The van der Waals surface area contributed by atoms with Gasteiger partial charge in [0.2, 0.25) is 5.91 Å². The van der Waals surface area contributed by atoms with E-state index in [1.807, 2.05) is 28.5 Å². The minimum Gasteiger partial charge on any atom is -0.462 e. The number of aliphatic hydroxyl groups is 2. The number of carbonyl (C=O) groups is 3. The average molecular weight is 821 g/mol. The molecule has 5 saturated heterocycles. The van der Waals surface area contributed by atoms with Crippen molar-refractivity contribution in [2.45, 2.75) is 121 Å². The Morgan fingerprint density at radius 3 is 2.75 bits per heavy atom. The number of hydrogen-bond acceptors (Lipinski definition) is 11. The van der Waals surface area contributed by atoms with Crippen molar-refractivity contribution in [2.24, 2.45) is 53.1 Å². The summed E-state index contributed by atoms with van der Waals surface area (Å²) >= 11 is 0. The van der Waals surface area contributed by atoms with E-state index in [4.69, 9.17) is 19.9 Å². The Kier molecular flexibility index (Phi) is 13.6. The molecule has 14 heteroatoms. The number of quaternary nitrogens is 2. The van der Waals surface area contributed by atoms with Crippen molar-refractivity contribution in [3.05, 3.63) is 23.3 Å². The largest absolute Gasteiger partial charge is 0.462 e. The summed E-state index contributed by atoms with van der Waals surface area (Å²) in [6.45, 7) is 8.40. The van der Waals surface area contributed by atoms with Crippen LogP contribution in [0.1, 0.15) is 85.0 Å². The van der Waals surface area contributed by atoms with Gasteiger partial charge in [0.25, 0.3) is 0 Å². The molecule has 56 heavy (non-hydrogen) atoms. The summed E-state index contributed by atoms with van der Waals surface area (Å²) in [4.78, 5) is 43.6. The zero-order chi connectivity index (χ0) is 39.8. The van der Waals surface area contributed by atoms with Gasteiger partial charge in [-0.2, -0.15) is 0 Å². The van der Waals surface area contributed by atoms with E-state index in [0.717, 1.165) is 50.4 Å². The van der Waals surface area contributed by atoms with Crippen LogP contribution < -0.4 is 16.4 Å². The lowest BCUT2D eigenvalue weighted by Gasteiger charge is -2.56. The lowest BCUT2D eigenvalue weighted by molar-refractivity contribution is -0.706. The van der Waals surface area contributed by atoms with Crippen molar-refractivity contribution in [2.75, 3.05) is 51.4 Å². The summed E-state index contributed by atoms with van der Waals surface area (Å²) in [5, 5.41) is 23.9. The van der Waals surface area contributed by atoms with Gasteiger partial charge >= 0.3 is 11.9 Å². The highest BCUT2D eigenvalue weighted by Crippen LogP contribution is 2.62. The quantitative estimate of drug-likeness (QED) is 0.0938. The van der Waals surface area contributed by atoms with E-state index in [9.17, 15) is 24.6 Å². The molecule has 1 spiro atoms. The van der Waals surface area contributed by atoms with Crippen molar-refractivity contribution < 1.29 is 49.4 Å². The maximum absolute atomic E-state index is 14.2. The standard InChI is InChI=1S/C42H66N4O8S2/c1-5-24(2)39(50)54-41(3)9-8-26-22-55-56-23-33-31(18-44-4)20-46(33)37(49)14-30-19-45-36(43)15-32(30)38(26)42(41)17-29-13-27-12-28(11-25(21-48)7-6-10-47)40(51)52-34(27)16-35(29)53-42/h5,8,25,27-36,38,44-45,47-48H,6-7,9-23,43H2,1-4H3/p+2. The number of nitrogens with zero attached hydrogens (tertiary/aromatic N) is 1. The molecule has 5 heterocycles. The molecule has 7 aliphatic rings. The van der Waals surface area contributed by atoms with Crippen LogP contribution in [0.5, 0.6) is 0 Å². The monoisotopic (exact) mass is 820 g/mol. The highest BCUT2D eigenvalue weighted by Gasteiger charge is 2.68. The first kappa shape index (κ1) is 42.5. The number of hydrogen-bond donors (Lipinski definition) is 5. The van der Waals surface area contributed by atoms with Crippen LogP contribution >= 0.6 is 21.6 Å². The number of ether oxygens (including phenoxy) is 3. The smallest absolute Gasteiger partial charge is 0.334 e. The van der Waals surface area contributed by atoms with E-state index in [-0.39, 0.29) is 96.9 Å². The summed E-state index contributed by atoms with van der Waals surface area (Å²) in [5.41, 5.74) is 6.86. The average Bonchev–Trinajstić information content (AvgIpc) is 3.54. The van der Waals surface area contributed by atoms with Gasteiger partial charge in [-0.15, -0.1) is 0 Å². The van der Waals surface area contributed by atoms with Crippen LogP contribution in [0, 0.1) is 47.3 Å². The molecule has 12 nitrogen and oxygen atoms in total. The zero-order valence-corrected chi connectivity index (χ0v) is 35.6. The first-order chi connectivity index (χ1) is 26.9. The Bertz CT molecular complexity index is 1520. The highest BCUT2D eigenvalue weighted by molar-refractivity contribution is 8.76. The van der Waals surface area contributed by atoms with E-state index < -0.39 is 11.2 Å². The molecule has 14 atom stereocenters. The van der Waals surface area contributed by atoms with E-state index >= 15 is 0 Å². The minimum atomic E-state index is -0.980. The van der Waals surface area contributed by atoms with Crippen LogP contribution in [0.3, 0.4) is 0 Å². The van der Waals surface area contributed by atoms with E-state index in [1.165, 1.54) is 5.57 Å². The third-order valence-corrected chi connectivity index (χ3v) is 17.4. The van der Waals surface area contributed by atoms with Crippen LogP contribution in [0.15, 0.2) is 23.3 Å². The Morgan fingerprint density at radius 2 is 2.00 bits per heavy atom. The molecule has 14 unspecified atom stereocenters. The summed E-state index contributed by atoms with van der Waals surface area (Å²) in [7, 11) is 5.85. The maximum atomic E-state index is 14.2. The van der Waals surface area contributed by atoms with Gasteiger partial charge in [0.05, 0.1) is 38.2 Å². The van der Waals surface area contributed by atoms with E-state index in [2.05, 4.69) is 35.6 Å². The number of fused-ring (bicyclic) bond motifs is 7. The number of rotatable bonds is 10. The molecule has 0 aromatic heterocycles. The zero-order valence-electron chi connectivity index (χ0n) is 33.9. The fourth-order valence-electron chi connectivity index (χ4n) is 11.8. The molecule has 0 aromatic carbocycles. The van der Waals surface area contributed by atoms with Crippen LogP contribution in [-0.2, 0) is 28.6 Å². The molecule has 7 rings (SSSR count). The van der Waals surface area contributed by atoms with Crippen molar-refractivity contribution in [3.8, 4) is 0 Å². The molecular weight excluding hydrogens is 753 g/mol. The van der Waals surface area contributed by atoms with Gasteiger partial charge in [-0.25, -0.2) is 4.79 Å². The van der Waals surface area contributed by atoms with Crippen molar-refractivity contribution in [1.29, 1.82) is 0 Å². The number of nitrogens with two attached hydrogens (primary N) is 3. The Labute approximate surface area is 341 Å². The number of allylic oxidation sites excluding steroid dienone is 1. The van der Waals surface area contributed by atoms with Gasteiger partial charge in [-0.3, -0.25) is 15.3 Å². The van der Waals surface area contributed by atoms with Gasteiger partial charge in [-0.1, -0.05) is 39.3 Å². The third kappa shape index (κ3) is 8.25. The second kappa shape index (κ2) is 17.9. The number of piperidine rings is 1. The van der Waals surface area contributed by atoms with Gasteiger partial charge < -0.3 is 40.0 Å². The van der Waals surface area contributed by atoms with Crippen LogP contribution in [-0.4, -0.2) is 120 Å². The van der Waals surface area contributed by atoms with Gasteiger partial charge in [-0.05, 0) is 83.0 Å². The second-order valence-corrected chi connectivity index (χ2v) is 20.9. The molecule has 0 radical (unpaired) electrons. The SMILES string of the molecule is CC=C(C)C(=O)OC1(C)CC=C2CSSCC3C(C[NH2+]C)CN3C(=O)CC3C[NH2+]C(N)CC3C2C12CC1CC3CC(CC(CO)CCCO)C(=O)OC3CC1O2. The molecule has 2 aliphatic carbocycles. The molecule has 5 aliphatic heterocycles. The number of esters is 2. The van der Waals surface area contributed by atoms with E-state index in [1.54, 1.807) is 13.0 Å². The maximum Gasteiger partial charge on any atom is 0.334 e. The predicted molar refractivity (Wildman–Crippen MR) is 216 cm³/mol. The summed E-state index contributed by atoms with van der Waals surface area (Å²) in [6.07, 6.45) is 10.1. The minimum absolute atomic E-state index is 0.0110. The molecule has 0 bridgehead atoms. The molecule has 6 fully saturated rings. The van der Waals surface area contributed by atoms with Gasteiger partial charge in [0.1, 0.15) is 23.5 Å². The second-order valence-electron chi connectivity index (χ2n) is 18.4. The van der Waals surface area contributed by atoms with Crippen LogP contribution in [0.4, 0.5) is 0 Å². The van der Waals surface area contributed by atoms with Crippen molar-refractivity contribution >= 4 is 39.4 Å². The van der Waals surface area contributed by atoms with Crippen LogP contribution in [0.25, 0.3) is 0 Å². The number of amides is 1. The fraction of sp³-hybridized carbons (Fsp3) is 0.833. The summed E-state index contributed by atoms with van der Waals surface area (Å²) < 4.78 is 20.5. The first-order valence-electron chi connectivity index (χ1n) is 21.5. The first-order valence-corrected chi connectivity index (χ1v) is 24.0.